The van der Waals surface area contributed by atoms with E-state index in [1.165, 1.54) is 25.7 Å². The molecule has 0 amide bonds. The Morgan fingerprint density at radius 2 is 2.11 bits per heavy atom. The lowest BCUT2D eigenvalue weighted by Crippen LogP contribution is -2.48. The van der Waals surface area contributed by atoms with E-state index in [1.807, 2.05) is 6.07 Å². The molecule has 3 unspecified atom stereocenters. The van der Waals surface area contributed by atoms with Crippen molar-refractivity contribution in [3.05, 3.63) is 24.2 Å². The third kappa shape index (κ3) is 2.21. The number of nitrogens with one attached hydrogen (secondary N) is 1. The van der Waals surface area contributed by atoms with Crippen LogP contribution in [0.2, 0.25) is 0 Å². The van der Waals surface area contributed by atoms with Crippen molar-refractivity contribution in [3.63, 3.8) is 0 Å². The van der Waals surface area contributed by atoms with Crippen LogP contribution in [0, 0.1) is 0 Å². The van der Waals surface area contributed by atoms with Crippen LogP contribution in [0.1, 0.15) is 51.3 Å². The van der Waals surface area contributed by atoms with Crippen molar-refractivity contribution in [1.82, 2.24) is 10.2 Å². The molecular formula is C15H24N2O. The molecule has 2 aliphatic rings. The number of piperidine rings is 1. The number of hydrogen-bond acceptors (Lipinski definition) is 3. The molecule has 3 rings (SSSR count). The van der Waals surface area contributed by atoms with Gasteiger partial charge in [-0.05, 0) is 51.3 Å². The smallest absolute Gasteiger partial charge is 0.120 e. The van der Waals surface area contributed by atoms with Crippen LogP contribution < -0.4 is 5.32 Å². The van der Waals surface area contributed by atoms with Gasteiger partial charge in [0.25, 0.3) is 0 Å². The standard InChI is InChI=1S/C15H24N2O/c1-3-17(11(2)15-5-4-8-18-15)14-9-12-6-7-13(10-14)16-12/h4-5,8,11-14,16H,3,6-7,9-10H2,1-2H3. The van der Waals surface area contributed by atoms with E-state index in [4.69, 9.17) is 4.42 Å². The molecule has 0 saturated carbocycles. The van der Waals surface area contributed by atoms with E-state index in [0.717, 1.165) is 24.4 Å². The summed E-state index contributed by atoms with van der Waals surface area (Å²) in [6.45, 7) is 5.64. The highest BCUT2D eigenvalue weighted by Crippen LogP contribution is 2.33. The van der Waals surface area contributed by atoms with E-state index in [0.29, 0.717) is 12.1 Å². The second-order valence-electron chi connectivity index (χ2n) is 5.78. The van der Waals surface area contributed by atoms with Gasteiger partial charge in [0, 0.05) is 18.1 Å². The van der Waals surface area contributed by atoms with Crippen LogP contribution >= 0.6 is 0 Å². The minimum Gasteiger partial charge on any atom is -0.468 e. The van der Waals surface area contributed by atoms with Gasteiger partial charge in [-0.15, -0.1) is 0 Å². The molecule has 1 N–H and O–H groups in total. The predicted octanol–water partition coefficient (Wildman–Crippen LogP) is 2.95. The van der Waals surface area contributed by atoms with Crippen LogP contribution in [0.25, 0.3) is 0 Å². The molecule has 0 aliphatic carbocycles. The van der Waals surface area contributed by atoms with Crippen molar-refractivity contribution in [3.8, 4) is 0 Å². The number of nitrogens with zero attached hydrogens (tertiary/aromatic N) is 1. The van der Waals surface area contributed by atoms with Crippen LogP contribution in [0.15, 0.2) is 22.8 Å². The molecular weight excluding hydrogens is 224 g/mol. The lowest BCUT2D eigenvalue weighted by molar-refractivity contribution is 0.0964. The van der Waals surface area contributed by atoms with Crippen molar-refractivity contribution in [1.29, 1.82) is 0 Å². The molecule has 1 aromatic rings. The lowest BCUT2D eigenvalue weighted by atomic mass is 9.96. The monoisotopic (exact) mass is 248 g/mol. The highest BCUT2D eigenvalue weighted by atomic mass is 16.3. The normalized spacial score (nSPS) is 32.9. The largest absolute Gasteiger partial charge is 0.468 e. The first-order chi connectivity index (χ1) is 8.78. The maximum absolute atomic E-state index is 5.58. The fourth-order valence-corrected chi connectivity index (χ4v) is 3.84. The molecule has 3 heterocycles. The van der Waals surface area contributed by atoms with Crippen LogP contribution in [0.3, 0.4) is 0 Å². The molecule has 0 aromatic carbocycles. The van der Waals surface area contributed by atoms with Crippen LogP contribution in [0.5, 0.6) is 0 Å². The average molecular weight is 248 g/mol. The van der Waals surface area contributed by atoms with Crippen LogP contribution in [0.4, 0.5) is 0 Å². The molecule has 1 aromatic heterocycles. The molecule has 2 bridgehead atoms. The van der Waals surface area contributed by atoms with Gasteiger partial charge in [0.05, 0.1) is 12.3 Å². The summed E-state index contributed by atoms with van der Waals surface area (Å²) in [5.74, 6) is 1.10. The van der Waals surface area contributed by atoms with Gasteiger partial charge in [0.1, 0.15) is 5.76 Å². The highest BCUT2D eigenvalue weighted by Gasteiger charge is 2.37. The van der Waals surface area contributed by atoms with Gasteiger partial charge in [-0.2, -0.15) is 0 Å². The Hall–Kier alpha value is -0.800. The Morgan fingerprint density at radius 3 is 2.67 bits per heavy atom. The van der Waals surface area contributed by atoms with Gasteiger partial charge in [-0.3, -0.25) is 4.90 Å². The zero-order valence-corrected chi connectivity index (χ0v) is 11.4. The van der Waals surface area contributed by atoms with Crippen molar-refractivity contribution in [2.45, 2.75) is 63.7 Å². The molecule has 3 atom stereocenters. The first kappa shape index (κ1) is 12.2. The van der Waals surface area contributed by atoms with E-state index in [1.54, 1.807) is 6.26 Å². The second kappa shape index (κ2) is 5.06. The predicted molar refractivity (Wildman–Crippen MR) is 72.5 cm³/mol. The van der Waals surface area contributed by atoms with Crippen LogP contribution in [-0.4, -0.2) is 29.6 Å². The molecule has 2 aliphatic heterocycles. The van der Waals surface area contributed by atoms with Gasteiger partial charge in [-0.1, -0.05) is 6.92 Å². The molecule has 2 saturated heterocycles. The van der Waals surface area contributed by atoms with E-state index in [9.17, 15) is 0 Å². The topological polar surface area (TPSA) is 28.4 Å². The Labute approximate surface area is 110 Å². The molecule has 18 heavy (non-hydrogen) atoms. The summed E-state index contributed by atoms with van der Waals surface area (Å²) in [5.41, 5.74) is 0. The van der Waals surface area contributed by atoms with Gasteiger partial charge >= 0.3 is 0 Å². The summed E-state index contributed by atoms with van der Waals surface area (Å²) in [7, 11) is 0. The van der Waals surface area contributed by atoms with Crippen molar-refractivity contribution in [2.75, 3.05) is 6.54 Å². The van der Waals surface area contributed by atoms with Crippen molar-refractivity contribution >= 4 is 0 Å². The molecule has 3 nitrogen and oxygen atoms in total. The van der Waals surface area contributed by atoms with Gasteiger partial charge in [0.2, 0.25) is 0 Å². The second-order valence-corrected chi connectivity index (χ2v) is 5.78. The third-order valence-electron chi connectivity index (χ3n) is 4.73. The van der Waals surface area contributed by atoms with Gasteiger partial charge in [0.15, 0.2) is 0 Å². The van der Waals surface area contributed by atoms with E-state index in [-0.39, 0.29) is 0 Å². The summed E-state index contributed by atoms with van der Waals surface area (Å²) >= 11 is 0. The summed E-state index contributed by atoms with van der Waals surface area (Å²) in [4.78, 5) is 2.62. The Bertz CT molecular complexity index is 364. The maximum atomic E-state index is 5.58. The Kier molecular flexibility index (Phi) is 3.44. The lowest BCUT2D eigenvalue weighted by Gasteiger charge is -2.40. The van der Waals surface area contributed by atoms with E-state index >= 15 is 0 Å². The summed E-state index contributed by atoms with van der Waals surface area (Å²) in [6.07, 6.45) is 7.12. The van der Waals surface area contributed by atoms with Gasteiger partial charge < -0.3 is 9.73 Å². The number of rotatable bonds is 4. The minimum atomic E-state index is 0.396. The highest BCUT2D eigenvalue weighted by molar-refractivity contribution is 5.05. The van der Waals surface area contributed by atoms with Crippen molar-refractivity contribution in [2.24, 2.45) is 0 Å². The Morgan fingerprint density at radius 1 is 1.39 bits per heavy atom. The zero-order valence-electron chi connectivity index (χ0n) is 11.4. The SMILES string of the molecule is CCN(C1CC2CCC(C1)N2)C(C)c1ccco1. The number of furan rings is 1. The number of hydrogen-bond donors (Lipinski definition) is 1. The molecule has 100 valence electrons. The molecule has 0 radical (unpaired) electrons. The van der Waals surface area contributed by atoms with E-state index in [2.05, 4.69) is 30.1 Å². The first-order valence-electron chi connectivity index (χ1n) is 7.33. The molecule has 0 spiro atoms. The van der Waals surface area contributed by atoms with E-state index < -0.39 is 0 Å². The average Bonchev–Trinajstić information content (AvgIpc) is 3.00. The quantitative estimate of drug-likeness (QED) is 0.888. The fourth-order valence-electron chi connectivity index (χ4n) is 3.84. The van der Waals surface area contributed by atoms with Crippen LogP contribution in [-0.2, 0) is 0 Å². The molecule has 3 heteroatoms. The summed E-state index contributed by atoms with van der Waals surface area (Å²) in [6, 6.07) is 6.72. The van der Waals surface area contributed by atoms with Crippen molar-refractivity contribution < 1.29 is 4.42 Å². The maximum Gasteiger partial charge on any atom is 0.120 e. The Balaban J connectivity index is 1.72. The third-order valence-corrected chi connectivity index (χ3v) is 4.73. The fraction of sp³-hybridized carbons (Fsp3) is 0.733. The minimum absolute atomic E-state index is 0.396. The van der Waals surface area contributed by atoms with Gasteiger partial charge in [-0.25, -0.2) is 0 Å². The first-order valence-corrected chi connectivity index (χ1v) is 7.33. The summed E-state index contributed by atoms with van der Waals surface area (Å²) < 4.78 is 5.58. The number of fused-ring (bicyclic) bond motifs is 2. The summed E-state index contributed by atoms with van der Waals surface area (Å²) in [5, 5.41) is 3.72. The molecule has 2 fully saturated rings. The zero-order chi connectivity index (χ0) is 12.5.